The Bertz CT molecular complexity index is 910. The van der Waals surface area contributed by atoms with Gasteiger partial charge in [0.1, 0.15) is 0 Å². The number of piperidine rings is 1. The topological polar surface area (TPSA) is 64.2 Å². The molecule has 1 saturated heterocycles. The molecule has 0 spiro atoms. The maximum Gasteiger partial charge on any atom is 0.260 e. The fourth-order valence-electron chi connectivity index (χ4n) is 3.70. The Labute approximate surface area is 169 Å². The summed E-state index contributed by atoms with van der Waals surface area (Å²) in [4.78, 5) is 26.7. The van der Waals surface area contributed by atoms with E-state index in [1.54, 1.807) is 17.8 Å². The number of amides is 1. The predicted molar refractivity (Wildman–Crippen MR) is 112 cm³/mol. The van der Waals surface area contributed by atoms with Crippen molar-refractivity contribution in [3.05, 3.63) is 69.6 Å². The summed E-state index contributed by atoms with van der Waals surface area (Å²) in [6, 6.07) is 15.3. The van der Waals surface area contributed by atoms with Gasteiger partial charge >= 0.3 is 0 Å². The summed E-state index contributed by atoms with van der Waals surface area (Å²) in [5, 5.41) is 8.93. The first kappa shape index (κ1) is 20.1. The lowest BCUT2D eigenvalue weighted by atomic mass is 9.89. The van der Waals surface area contributed by atoms with Crippen LogP contribution in [0.2, 0.25) is 0 Å². The molecule has 0 atom stereocenters. The Morgan fingerprint density at radius 3 is 2.46 bits per heavy atom. The van der Waals surface area contributed by atoms with Crippen molar-refractivity contribution in [2.45, 2.75) is 24.5 Å². The predicted octanol–water partition coefficient (Wildman–Crippen LogP) is 4.48. The van der Waals surface area contributed by atoms with E-state index in [1.807, 2.05) is 47.6 Å². The van der Waals surface area contributed by atoms with E-state index in [9.17, 15) is 9.70 Å². The van der Waals surface area contributed by atoms with Crippen molar-refractivity contribution in [3.8, 4) is 6.07 Å². The van der Waals surface area contributed by atoms with Crippen molar-refractivity contribution in [2.24, 2.45) is 0 Å². The van der Waals surface area contributed by atoms with Crippen LogP contribution >= 0.6 is 11.8 Å². The molecule has 0 unspecified atom stereocenters. The minimum atomic E-state index is -0.0166. The largest absolute Gasteiger partial charge is 0.339 e. The number of hydrogen-bond acceptors (Lipinski definition) is 4. The van der Waals surface area contributed by atoms with Crippen LogP contribution in [-0.2, 0) is 5.75 Å². The third-order valence-electron chi connectivity index (χ3n) is 5.26. The number of thioether (sulfide) groups is 1. The van der Waals surface area contributed by atoms with Gasteiger partial charge in [0.15, 0.2) is 7.05 Å². The van der Waals surface area contributed by atoms with E-state index in [4.69, 9.17) is 5.26 Å². The molecule has 2 aromatic carbocycles. The highest BCUT2D eigenvalue weighted by Crippen LogP contribution is 2.30. The van der Waals surface area contributed by atoms with Gasteiger partial charge in [-0.3, -0.25) is 4.79 Å². The second kappa shape index (κ2) is 9.03. The van der Waals surface area contributed by atoms with Crippen molar-refractivity contribution >= 4 is 23.4 Å². The first-order valence-electron chi connectivity index (χ1n) is 9.35. The van der Waals surface area contributed by atoms with Crippen LogP contribution in [0.5, 0.6) is 0 Å². The van der Waals surface area contributed by atoms with E-state index in [0.29, 0.717) is 35.8 Å². The Kier molecular flexibility index (Phi) is 6.48. The molecule has 2 aromatic rings. The highest BCUT2D eigenvalue weighted by atomic mass is 32.2. The number of benzene rings is 2. The third-order valence-corrected chi connectivity index (χ3v) is 5.86. The molecule has 1 amide bonds. The quantitative estimate of drug-likeness (QED) is 0.701. The summed E-state index contributed by atoms with van der Waals surface area (Å²) in [6.07, 6.45) is 3.79. The number of likely N-dealkylation sites (tertiary alicyclic amines) is 1. The molecule has 5 nitrogen and oxygen atoms in total. The summed E-state index contributed by atoms with van der Waals surface area (Å²) < 4.78 is 0.833. The maximum absolute atomic E-state index is 12.9. The van der Waals surface area contributed by atoms with Gasteiger partial charge in [0.05, 0.1) is 11.6 Å². The molecule has 0 aliphatic carbocycles. The van der Waals surface area contributed by atoms with Crippen LogP contribution in [0.4, 0.5) is 5.69 Å². The molecule has 1 fully saturated rings. The van der Waals surface area contributed by atoms with Crippen LogP contribution < -0.4 is 0 Å². The van der Waals surface area contributed by atoms with Crippen LogP contribution in [0.1, 0.15) is 45.8 Å². The van der Waals surface area contributed by atoms with Gasteiger partial charge in [0.25, 0.3) is 11.6 Å². The van der Waals surface area contributed by atoms with Crippen molar-refractivity contribution in [3.63, 3.8) is 0 Å². The van der Waals surface area contributed by atoms with Gasteiger partial charge in [-0.2, -0.15) is 17.0 Å². The summed E-state index contributed by atoms with van der Waals surface area (Å²) in [5.41, 5.74) is 3.97. The molecule has 144 valence electrons. The summed E-state index contributed by atoms with van der Waals surface area (Å²) in [5.74, 6) is 1.13. The second-order valence-electron chi connectivity index (χ2n) is 7.07. The Hall–Kier alpha value is -2.65. The molecule has 1 heterocycles. The smallest absolute Gasteiger partial charge is 0.260 e. The van der Waals surface area contributed by atoms with Gasteiger partial charge < -0.3 is 4.90 Å². The van der Waals surface area contributed by atoms with Gasteiger partial charge in [0.2, 0.25) is 0 Å². The second-order valence-corrected chi connectivity index (χ2v) is 7.94. The molecule has 1 aliphatic rings. The van der Waals surface area contributed by atoms with E-state index < -0.39 is 0 Å². The fourth-order valence-corrected chi connectivity index (χ4v) is 4.25. The van der Waals surface area contributed by atoms with E-state index in [2.05, 4.69) is 6.07 Å². The van der Waals surface area contributed by atoms with Crippen molar-refractivity contribution in [2.75, 3.05) is 26.4 Å². The zero-order valence-corrected chi connectivity index (χ0v) is 17.0. The molecule has 0 N–H and O–H groups in total. The number of nitrogens with zero attached hydrogens (tertiary/aromatic N) is 3. The number of carbonyl (C=O) groups excluding carboxylic acids is 1. The van der Waals surface area contributed by atoms with Crippen LogP contribution in [-0.4, -0.2) is 42.0 Å². The minimum Gasteiger partial charge on any atom is -0.339 e. The molecular weight excluding hydrogens is 370 g/mol. The van der Waals surface area contributed by atoms with Crippen molar-refractivity contribution in [1.82, 2.24) is 4.90 Å². The van der Waals surface area contributed by atoms with Gasteiger partial charge in [-0.25, -0.2) is 0 Å². The first-order valence-corrected chi connectivity index (χ1v) is 10.7. The van der Waals surface area contributed by atoms with Crippen molar-refractivity contribution < 1.29 is 9.55 Å². The highest BCUT2D eigenvalue weighted by Gasteiger charge is 2.26. The average molecular weight is 395 g/mol. The normalized spacial score (nSPS) is 14.5. The van der Waals surface area contributed by atoms with E-state index in [-0.39, 0.29) is 5.91 Å². The number of rotatable bonds is 5. The van der Waals surface area contributed by atoms with Gasteiger partial charge in [-0.1, -0.05) is 18.2 Å². The van der Waals surface area contributed by atoms with Gasteiger partial charge in [-0.05, 0) is 48.8 Å². The summed E-state index contributed by atoms with van der Waals surface area (Å²) >= 11 is 1.65. The number of hydrogen-bond donors (Lipinski definition) is 0. The first-order chi connectivity index (χ1) is 13.5. The van der Waals surface area contributed by atoms with Crippen LogP contribution in [0, 0.1) is 16.2 Å². The van der Waals surface area contributed by atoms with Crippen LogP contribution in [0.15, 0.2) is 42.5 Å². The molecule has 0 aromatic heterocycles. The lowest BCUT2D eigenvalue weighted by Gasteiger charge is -2.32. The average Bonchev–Trinajstić information content (AvgIpc) is 2.74. The molecule has 0 bridgehead atoms. The number of carbonyl (C=O) groups is 1. The molecule has 0 saturated carbocycles. The number of nitroso groups, excluding NO2 is 1. The minimum absolute atomic E-state index is 0.0166. The maximum atomic E-state index is 12.9. The lowest BCUT2D eigenvalue weighted by molar-refractivity contribution is -0.428. The van der Waals surface area contributed by atoms with Crippen LogP contribution in [0.3, 0.4) is 0 Å². The fraction of sp³-hybridized carbons (Fsp3) is 0.364. The zero-order valence-electron chi connectivity index (χ0n) is 16.2. The van der Waals surface area contributed by atoms with E-state index in [1.165, 1.54) is 12.6 Å². The molecule has 1 aliphatic heterocycles. The number of nitriles is 1. The molecule has 6 heteroatoms. The van der Waals surface area contributed by atoms with E-state index in [0.717, 1.165) is 28.9 Å². The Morgan fingerprint density at radius 1 is 1.21 bits per heavy atom. The molecule has 0 radical (unpaired) electrons. The molecule has 3 rings (SSSR count). The van der Waals surface area contributed by atoms with Gasteiger partial charge in [0, 0.05) is 45.7 Å². The molecule has 28 heavy (non-hydrogen) atoms. The lowest BCUT2D eigenvalue weighted by Crippen LogP contribution is -2.38. The zero-order chi connectivity index (χ0) is 20.1. The summed E-state index contributed by atoms with van der Waals surface area (Å²) in [6.45, 7) is 1.39. The summed E-state index contributed by atoms with van der Waals surface area (Å²) in [7, 11) is 1.47. The Morgan fingerprint density at radius 2 is 1.89 bits per heavy atom. The standard InChI is InChI=1S/C22H24N3O2S/c1-24(27)21-13-19(7-8-20(21)15-28-2)22(26)25-11-9-18(10-12-25)17-5-3-16(14-23)4-6-17/h3-8,13,18H,9-12,15H2,1-2H3/q+1. The third kappa shape index (κ3) is 4.42. The Balaban J connectivity index is 1.68. The monoisotopic (exact) mass is 394 g/mol. The SMILES string of the molecule is CSCc1ccc(C(=O)N2CCC(c3ccc(C#N)cc3)CC2)cc1[N+](C)=O. The highest BCUT2D eigenvalue weighted by molar-refractivity contribution is 7.97. The van der Waals surface area contributed by atoms with Gasteiger partial charge in [-0.15, -0.1) is 0 Å². The molecular formula is C22H24N3O2S+. The van der Waals surface area contributed by atoms with Crippen LogP contribution in [0.25, 0.3) is 0 Å². The van der Waals surface area contributed by atoms with Crippen molar-refractivity contribution in [1.29, 1.82) is 5.26 Å². The van der Waals surface area contributed by atoms with E-state index >= 15 is 0 Å².